The lowest BCUT2D eigenvalue weighted by molar-refractivity contribution is -0.133. The highest BCUT2D eigenvalue weighted by molar-refractivity contribution is 5.84. The van der Waals surface area contributed by atoms with Crippen molar-refractivity contribution in [3.05, 3.63) is 34.3 Å². The van der Waals surface area contributed by atoms with Crippen molar-refractivity contribution >= 4 is 11.7 Å². The van der Waals surface area contributed by atoms with Gasteiger partial charge in [0.05, 0.1) is 17.3 Å². The van der Waals surface area contributed by atoms with Crippen LogP contribution in [-0.4, -0.2) is 51.4 Å². The summed E-state index contributed by atoms with van der Waals surface area (Å²) < 4.78 is 1.85. The summed E-state index contributed by atoms with van der Waals surface area (Å²) in [6.07, 6.45) is 0.750. The van der Waals surface area contributed by atoms with Crippen molar-refractivity contribution in [2.24, 2.45) is 7.05 Å². The molecule has 2 aromatic heterocycles. The van der Waals surface area contributed by atoms with E-state index in [0.717, 1.165) is 40.4 Å². The first kappa shape index (κ1) is 17.4. The van der Waals surface area contributed by atoms with Crippen LogP contribution in [0, 0.1) is 13.8 Å². The topological polar surface area (TPSA) is 67.2 Å². The molecule has 0 aromatic carbocycles. The van der Waals surface area contributed by atoms with E-state index in [0.29, 0.717) is 13.1 Å². The predicted molar refractivity (Wildman–Crippen MR) is 96.6 cm³/mol. The van der Waals surface area contributed by atoms with E-state index in [1.54, 1.807) is 0 Å². The van der Waals surface area contributed by atoms with Crippen molar-refractivity contribution < 1.29 is 4.79 Å². The highest BCUT2D eigenvalue weighted by atomic mass is 16.2. The summed E-state index contributed by atoms with van der Waals surface area (Å²) in [4.78, 5) is 16.9. The molecule has 0 spiro atoms. The van der Waals surface area contributed by atoms with Gasteiger partial charge in [-0.25, -0.2) is 0 Å². The lowest BCUT2D eigenvalue weighted by Gasteiger charge is -2.30. The minimum atomic E-state index is -0.196. The van der Waals surface area contributed by atoms with Crippen LogP contribution in [0.1, 0.15) is 41.1 Å². The molecule has 1 atom stereocenters. The second kappa shape index (κ2) is 6.46. The fraction of sp³-hybridized carbons (Fsp3) is 0.556. The van der Waals surface area contributed by atoms with Crippen molar-refractivity contribution in [3.63, 3.8) is 0 Å². The van der Waals surface area contributed by atoms with Crippen LogP contribution < -0.4 is 4.90 Å². The maximum absolute atomic E-state index is 13.1. The summed E-state index contributed by atoms with van der Waals surface area (Å²) in [5.41, 5.74) is 5.11. The van der Waals surface area contributed by atoms with Crippen LogP contribution in [0.2, 0.25) is 0 Å². The molecule has 7 nitrogen and oxygen atoms in total. The Hall–Kier alpha value is -2.44. The molecule has 0 N–H and O–H groups in total. The van der Waals surface area contributed by atoms with Crippen molar-refractivity contribution in [1.82, 2.24) is 24.9 Å². The van der Waals surface area contributed by atoms with E-state index < -0.39 is 0 Å². The number of rotatable bonds is 3. The molecule has 3 heterocycles. The molecule has 1 amide bonds. The number of aryl methyl sites for hydroxylation is 2. The number of carbonyl (C=O) groups excluding carboxylic acids is 1. The zero-order valence-electron chi connectivity index (χ0n) is 15.9. The SMILES string of the molecule is Cc1nn(C)c(C)c1[C@H](C)C(=O)N1CCc2nnc(N(C)C)cc2C1. The fourth-order valence-corrected chi connectivity index (χ4v) is 3.54. The molecule has 1 aliphatic heterocycles. The largest absolute Gasteiger partial charge is 0.361 e. The smallest absolute Gasteiger partial charge is 0.230 e. The highest BCUT2D eigenvalue weighted by Crippen LogP contribution is 2.27. The van der Waals surface area contributed by atoms with Crippen LogP contribution in [0.4, 0.5) is 5.82 Å². The summed E-state index contributed by atoms with van der Waals surface area (Å²) in [7, 11) is 5.80. The Balaban J connectivity index is 1.83. The number of hydrogen-bond donors (Lipinski definition) is 0. The molecule has 0 unspecified atom stereocenters. The minimum absolute atomic E-state index is 0.146. The number of fused-ring (bicyclic) bond motifs is 1. The van der Waals surface area contributed by atoms with E-state index in [2.05, 4.69) is 15.3 Å². The van der Waals surface area contributed by atoms with Crippen molar-refractivity contribution in [2.45, 2.75) is 39.7 Å². The van der Waals surface area contributed by atoms with E-state index in [1.165, 1.54) is 0 Å². The molecule has 0 saturated heterocycles. The number of anilines is 1. The zero-order valence-corrected chi connectivity index (χ0v) is 15.9. The Kier molecular flexibility index (Phi) is 4.49. The van der Waals surface area contributed by atoms with Crippen LogP contribution in [0.25, 0.3) is 0 Å². The molecule has 0 aliphatic carbocycles. The van der Waals surface area contributed by atoms with Crippen molar-refractivity contribution in [1.29, 1.82) is 0 Å². The monoisotopic (exact) mass is 342 g/mol. The Morgan fingerprint density at radius 2 is 2.00 bits per heavy atom. The Bertz CT molecular complexity index is 810. The molecule has 0 radical (unpaired) electrons. The fourth-order valence-electron chi connectivity index (χ4n) is 3.54. The third kappa shape index (κ3) is 3.10. The Morgan fingerprint density at radius 1 is 1.28 bits per heavy atom. The number of hydrogen-bond acceptors (Lipinski definition) is 5. The van der Waals surface area contributed by atoms with Gasteiger partial charge in [-0.3, -0.25) is 9.48 Å². The van der Waals surface area contributed by atoms with Crippen molar-refractivity contribution in [2.75, 3.05) is 25.5 Å². The van der Waals surface area contributed by atoms with Gasteiger partial charge in [-0.1, -0.05) is 0 Å². The molecule has 7 heteroatoms. The highest BCUT2D eigenvalue weighted by Gasteiger charge is 2.29. The average Bonchev–Trinajstić information content (AvgIpc) is 2.84. The number of carbonyl (C=O) groups is 1. The Labute approximate surface area is 148 Å². The van der Waals surface area contributed by atoms with Gasteiger partial charge in [0.15, 0.2) is 5.82 Å². The van der Waals surface area contributed by atoms with Gasteiger partial charge in [-0.2, -0.15) is 10.2 Å². The summed E-state index contributed by atoms with van der Waals surface area (Å²) in [6, 6.07) is 2.03. The average molecular weight is 342 g/mol. The normalized spacial score (nSPS) is 15.0. The number of amides is 1. The van der Waals surface area contributed by atoms with E-state index in [4.69, 9.17) is 0 Å². The van der Waals surface area contributed by atoms with E-state index >= 15 is 0 Å². The van der Waals surface area contributed by atoms with Crippen LogP contribution in [0.15, 0.2) is 6.07 Å². The number of nitrogens with zero attached hydrogens (tertiary/aromatic N) is 6. The third-order valence-electron chi connectivity index (χ3n) is 5.07. The zero-order chi connectivity index (χ0) is 18.3. The predicted octanol–water partition coefficient (Wildman–Crippen LogP) is 1.58. The first-order chi connectivity index (χ1) is 11.8. The van der Waals surface area contributed by atoms with Gasteiger partial charge in [0.2, 0.25) is 5.91 Å². The lowest BCUT2D eigenvalue weighted by Crippen LogP contribution is -2.39. The molecule has 2 aromatic rings. The summed E-state index contributed by atoms with van der Waals surface area (Å²) in [5.74, 6) is 0.770. The van der Waals surface area contributed by atoms with Gasteiger partial charge in [0, 0.05) is 51.9 Å². The molecule has 0 bridgehead atoms. The summed E-state index contributed by atoms with van der Waals surface area (Å²) in [6.45, 7) is 7.24. The van der Waals surface area contributed by atoms with Crippen LogP contribution in [0.3, 0.4) is 0 Å². The standard InChI is InChI=1S/C18H26N6O/c1-11(17-12(2)21-23(6)13(17)3)18(25)24-8-7-15-14(10-24)9-16(20-19-15)22(4)5/h9,11H,7-8,10H2,1-6H3/t11-/m0/s1. The quantitative estimate of drug-likeness (QED) is 0.847. The summed E-state index contributed by atoms with van der Waals surface area (Å²) in [5, 5.41) is 13.0. The second-order valence-electron chi connectivity index (χ2n) is 7.01. The maximum atomic E-state index is 13.1. The van der Waals surface area contributed by atoms with Gasteiger partial charge < -0.3 is 9.80 Å². The first-order valence-electron chi connectivity index (χ1n) is 8.61. The second-order valence-corrected chi connectivity index (χ2v) is 7.01. The van der Waals surface area contributed by atoms with Gasteiger partial charge >= 0.3 is 0 Å². The van der Waals surface area contributed by atoms with Crippen LogP contribution in [-0.2, 0) is 24.8 Å². The van der Waals surface area contributed by atoms with Gasteiger partial charge in [-0.05, 0) is 32.4 Å². The number of aromatic nitrogens is 4. The van der Waals surface area contributed by atoms with Gasteiger partial charge in [0.25, 0.3) is 0 Å². The third-order valence-corrected chi connectivity index (χ3v) is 5.07. The molecule has 0 saturated carbocycles. The Morgan fingerprint density at radius 3 is 2.60 bits per heavy atom. The maximum Gasteiger partial charge on any atom is 0.230 e. The van der Waals surface area contributed by atoms with E-state index in [1.807, 2.05) is 62.5 Å². The molecule has 0 fully saturated rings. The van der Waals surface area contributed by atoms with Gasteiger partial charge in [0.1, 0.15) is 0 Å². The van der Waals surface area contributed by atoms with Crippen LogP contribution in [0.5, 0.6) is 0 Å². The lowest BCUT2D eigenvalue weighted by atomic mass is 9.96. The van der Waals surface area contributed by atoms with Gasteiger partial charge in [-0.15, -0.1) is 5.10 Å². The molecular formula is C18H26N6O. The molecule has 134 valence electrons. The first-order valence-corrected chi connectivity index (χ1v) is 8.61. The van der Waals surface area contributed by atoms with Crippen molar-refractivity contribution in [3.8, 4) is 0 Å². The molecular weight excluding hydrogens is 316 g/mol. The van der Waals surface area contributed by atoms with E-state index in [-0.39, 0.29) is 11.8 Å². The summed E-state index contributed by atoms with van der Waals surface area (Å²) >= 11 is 0. The molecule has 1 aliphatic rings. The minimum Gasteiger partial charge on any atom is -0.361 e. The van der Waals surface area contributed by atoms with E-state index in [9.17, 15) is 4.79 Å². The van der Waals surface area contributed by atoms with Crippen LogP contribution >= 0.6 is 0 Å². The molecule has 3 rings (SSSR count). The molecule has 25 heavy (non-hydrogen) atoms.